The molecule has 0 amide bonds. The third kappa shape index (κ3) is 2.03. The van der Waals surface area contributed by atoms with Crippen molar-refractivity contribution in [3.63, 3.8) is 0 Å². The first kappa shape index (κ1) is 13.3. The van der Waals surface area contributed by atoms with E-state index in [2.05, 4.69) is 15.0 Å². The third-order valence-corrected chi connectivity index (χ3v) is 3.58. The van der Waals surface area contributed by atoms with Crippen LogP contribution in [0.5, 0.6) is 0 Å². The summed E-state index contributed by atoms with van der Waals surface area (Å²) in [7, 11) is 0. The maximum absolute atomic E-state index is 14.1. The van der Waals surface area contributed by atoms with Gasteiger partial charge in [0.2, 0.25) is 0 Å². The number of aryl methyl sites for hydroxylation is 1. The first-order chi connectivity index (χ1) is 9.47. The lowest BCUT2D eigenvalue weighted by molar-refractivity contribution is 0.582. The highest BCUT2D eigenvalue weighted by atomic mass is 35.5. The Kier molecular flexibility index (Phi) is 3.11. The highest BCUT2D eigenvalue weighted by Gasteiger charge is 2.18. The van der Waals surface area contributed by atoms with Gasteiger partial charge in [-0.3, -0.25) is 0 Å². The van der Waals surface area contributed by atoms with E-state index >= 15 is 0 Å². The van der Waals surface area contributed by atoms with Crippen LogP contribution in [0.15, 0.2) is 18.2 Å². The Balaban J connectivity index is 2.28. The average Bonchev–Trinajstić information content (AvgIpc) is 2.77. The van der Waals surface area contributed by atoms with E-state index in [1.54, 1.807) is 6.92 Å². The minimum atomic E-state index is -0.704. The fraction of sp³-hybridized carbons (Fsp3) is 0.0769. The largest absolute Gasteiger partial charge is 0.336 e. The van der Waals surface area contributed by atoms with Crippen molar-refractivity contribution < 1.29 is 8.78 Å². The summed E-state index contributed by atoms with van der Waals surface area (Å²) in [5.41, 5.74) is 0.797. The van der Waals surface area contributed by atoms with Gasteiger partial charge in [-0.25, -0.2) is 18.7 Å². The minimum Gasteiger partial charge on any atom is -0.336 e. The van der Waals surface area contributed by atoms with Crippen molar-refractivity contribution in [2.24, 2.45) is 0 Å². The number of pyridine rings is 1. The zero-order valence-corrected chi connectivity index (χ0v) is 11.7. The minimum absolute atomic E-state index is 0.0459. The van der Waals surface area contributed by atoms with Gasteiger partial charge >= 0.3 is 0 Å². The molecule has 0 bridgehead atoms. The molecule has 0 spiro atoms. The van der Waals surface area contributed by atoms with Crippen LogP contribution in [0.25, 0.3) is 22.6 Å². The zero-order chi connectivity index (χ0) is 14.4. The maximum atomic E-state index is 14.1. The molecule has 1 aromatic carbocycles. The molecule has 0 unspecified atom stereocenters. The Morgan fingerprint density at radius 1 is 1.15 bits per heavy atom. The van der Waals surface area contributed by atoms with Gasteiger partial charge in [0.1, 0.15) is 22.6 Å². The highest BCUT2D eigenvalue weighted by Crippen LogP contribution is 2.29. The van der Waals surface area contributed by atoms with E-state index in [9.17, 15) is 8.78 Å². The quantitative estimate of drug-likeness (QED) is 0.671. The maximum Gasteiger partial charge on any atom is 0.179 e. The van der Waals surface area contributed by atoms with Gasteiger partial charge in [-0.15, -0.1) is 0 Å². The number of rotatable bonds is 1. The molecule has 0 radical (unpaired) electrons. The fourth-order valence-corrected chi connectivity index (χ4v) is 2.17. The molecular weight excluding hydrogens is 307 g/mol. The summed E-state index contributed by atoms with van der Waals surface area (Å²) in [5, 5.41) is 0.321. The smallest absolute Gasteiger partial charge is 0.179 e. The molecule has 0 saturated carbocycles. The molecule has 0 aliphatic rings. The number of aromatic nitrogens is 3. The molecule has 20 heavy (non-hydrogen) atoms. The molecule has 3 rings (SSSR count). The summed E-state index contributed by atoms with van der Waals surface area (Å²) in [6.07, 6.45) is 0. The summed E-state index contributed by atoms with van der Waals surface area (Å²) in [4.78, 5) is 10.8. The molecule has 102 valence electrons. The van der Waals surface area contributed by atoms with Crippen molar-refractivity contribution in [2.75, 3.05) is 0 Å². The highest BCUT2D eigenvalue weighted by molar-refractivity contribution is 6.41. The van der Waals surface area contributed by atoms with Crippen LogP contribution in [0.2, 0.25) is 10.2 Å². The predicted octanol–water partition coefficient (Wildman–Crippen LogP) is 4.52. The van der Waals surface area contributed by atoms with Gasteiger partial charge in [-0.2, -0.15) is 0 Å². The molecule has 0 aliphatic heterocycles. The summed E-state index contributed by atoms with van der Waals surface area (Å²) in [5.74, 6) is -1.32. The second-order valence-corrected chi connectivity index (χ2v) is 5.04. The number of benzene rings is 1. The SMILES string of the molecule is Cc1ccc(F)c(-c2nc3nc(Cl)c(Cl)cc3[nH]2)c1F. The molecule has 1 N–H and O–H groups in total. The number of aromatic amines is 1. The monoisotopic (exact) mass is 313 g/mol. The van der Waals surface area contributed by atoms with E-state index in [0.717, 1.165) is 0 Å². The zero-order valence-electron chi connectivity index (χ0n) is 10.1. The number of fused-ring (bicyclic) bond motifs is 1. The van der Waals surface area contributed by atoms with Gasteiger partial charge in [0.15, 0.2) is 5.65 Å². The summed E-state index contributed by atoms with van der Waals surface area (Å²) in [6.45, 7) is 1.55. The van der Waals surface area contributed by atoms with Crippen LogP contribution < -0.4 is 0 Å². The Labute approximate surface area is 122 Å². The topological polar surface area (TPSA) is 41.6 Å². The van der Waals surface area contributed by atoms with Crippen LogP contribution in [0.3, 0.4) is 0 Å². The van der Waals surface area contributed by atoms with E-state index in [1.807, 2.05) is 0 Å². The Hall–Kier alpha value is -1.72. The second-order valence-electron chi connectivity index (χ2n) is 4.27. The average molecular weight is 314 g/mol. The van der Waals surface area contributed by atoms with Crippen molar-refractivity contribution in [1.29, 1.82) is 0 Å². The molecule has 0 saturated heterocycles. The van der Waals surface area contributed by atoms with Crippen LogP contribution in [-0.2, 0) is 0 Å². The Bertz CT molecular complexity index is 791. The Morgan fingerprint density at radius 3 is 2.65 bits per heavy atom. The van der Waals surface area contributed by atoms with Crippen molar-refractivity contribution in [1.82, 2.24) is 15.0 Å². The van der Waals surface area contributed by atoms with E-state index in [0.29, 0.717) is 11.1 Å². The molecule has 0 fully saturated rings. The van der Waals surface area contributed by atoms with Gasteiger partial charge in [0.25, 0.3) is 0 Å². The summed E-state index contributed by atoms with van der Waals surface area (Å²) >= 11 is 11.6. The van der Waals surface area contributed by atoms with E-state index < -0.39 is 11.6 Å². The first-order valence-electron chi connectivity index (χ1n) is 5.64. The van der Waals surface area contributed by atoms with E-state index in [4.69, 9.17) is 23.2 Å². The molecule has 0 atom stereocenters. The predicted molar refractivity (Wildman–Crippen MR) is 74.0 cm³/mol. The van der Waals surface area contributed by atoms with Crippen LogP contribution in [0.1, 0.15) is 5.56 Å². The van der Waals surface area contributed by atoms with Gasteiger partial charge in [0.05, 0.1) is 16.1 Å². The van der Waals surface area contributed by atoms with E-state index in [-0.39, 0.29) is 27.2 Å². The van der Waals surface area contributed by atoms with Gasteiger partial charge in [-0.05, 0) is 24.6 Å². The normalized spacial score (nSPS) is 11.2. The van der Waals surface area contributed by atoms with Crippen LogP contribution in [-0.4, -0.2) is 15.0 Å². The van der Waals surface area contributed by atoms with Crippen molar-refractivity contribution in [3.8, 4) is 11.4 Å². The van der Waals surface area contributed by atoms with Crippen LogP contribution in [0.4, 0.5) is 8.78 Å². The second kappa shape index (κ2) is 4.68. The fourth-order valence-electron chi connectivity index (χ4n) is 1.89. The van der Waals surface area contributed by atoms with Crippen molar-refractivity contribution in [2.45, 2.75) is 6.92 Å². The summed E-state index contributed by atoms with van der Waals surface area (Å²) in [6, 6.07) is 4.06. The van der Waals surface area contributed by atoms with Gasteiger partial charge in [-0.1, -0.05) is 29.3 Å². The number of H-pyrrole nitrogens is 1. The Morgan fingerprint density at radius 2 is 1.90 bits per heavy atom. The third-order valence-electron chi connectivity index (χ3n) is 2.90. The number of hydrogen-bond donors (Lipinski definition) is 1. The molecule has 7 heteroatoms. The number of imidazole rings is 1. The lowest BCUT2D eigenvalue weighted by atomic mass is 10.1. The van der Waals surface area contributed by atoms with Crippen LogP contribution >= 0.6 is 23.2 Å². The lowest BCUT2D eigenvalue weighted by Gasteiger charge is -2.03. The molecular formula is C13H7Cl2F2N3. The number of hydrogen-bond acceptors (Lipinski definition) is 2. The molecule has 3 nitrogen and oxygen atoms in total. The molecule has 2 aromatic heterocycles. The van der Waals surface area contributed by atoms with Crippen LogP contribution in [0, 0.1) is 18.6 Å². The lowest BCUT2D eigenvalue weighted by Crippen LogP contribution is -1.94. The van der Waals surface area contributed by atoms with E-state index in [1.165, 1.54) is 18.2 Å². The molecule has 3 aromatic rings. The number of nitrogens with zero attached hydrogens (tertiary/aromatic N) is 2. The van der Waals surface area contributed by atoms with Crippen molar-refractivity contribution >= 4 is 34.4 Å². The first-order valence-corrected chi connectivity index (χ1v) is 6.39. The van der Waals surface area contributed by atoms with Crippen molar-refractivity contribution in [3.05, 3.63) is 45.6 Å². The number of halogens is 4. The molecule has 0 aliphatic carbocycles. The van der Waals surface area contributed by atoms with Gasteiger partial charge in [0, 0.05) is 0 Å². The summed E-state index contributed by atoms with van der Waals surface area (Å²) < 4.78 is 27.9. The standard InChI is InChI=1S/C13H7Cl2F2N3/c1-5-2-3-7(16)9(10(5)17)13-18-8-4-6(14)11(15)19-12(8)20-13/h2-4H,1H3,(H,18,19,20). The van der Waals surface area contributed by atoms with Gasteiger partial charge < -0.3 is 4.98 Å². The molecule has 2 heterocycles. The number of nitrogens with one attached hydrogen (secondary N) is 1.